The van der Waals surface area contributed by atoms with Crippen LogP contribution in [-0.4, -0.2) is 19.8 Å². The van der Waals surface area contributed by atoms with Gasteiger partial charge in [0.25, 0.3) is 0 Å². The molecule has 0 aliphatic carbocycles. The van der Waals surface area contributed by atoms with Crippen LogP contribution in [0.15, 0.2) is 61.2 Å². The van der Waals surface area contributed by atoms with E-state index >= 15 is 0 Å². The predicted octanol–water partition coefficient (Wildman–Crippen LogP) is 5.01. The summed E-state index contributed by atoms with van der Waals surface area (Å²) in [5, 5.41) is 3.37. The Morgan fingerprint density at radius 3 is 2.54 bits per heavy atom. The van der Waals surface area contributed by atoms with Crippen molar-refractivity contribution in [2.45, 2.75) is 32.9 Å². The zero-order valence-electron chi connectivity index (χ0n) is 16.0. The maximum atomic E-state index is 5.91. The van der Waals surface area contributed by atoms with Gasteiger partial charge >= 0.3 is 0 Å². The third-order valence-corrected chi connectivity index (χ3v) is 3.89. The van der Waals surface area contributed by atoms with Crippen molar-refractivity contribution in [2.24, 2.45) is 0 Å². The molecular weight excluding hydrogens is 322 g/mol. The van der Waals surface area contributed by atoms with Crippen LogP contribution < -0.4 is 14.8 Å². The lowest BCUT2D eigenvalue weighted by Gasteiger charge is -2.17. The van der Waals surface area contributed by atoms with Crippen molar-refractivity contribution in [3.8, 4) is 11.5 Å². The average molecular weight is 351 g/mol. The van der Waals surface area contributed by atoms with Crippen LogP contribution in [0.3, 0.4) is 0 Å². The van der Waals surface area contributed by atoms with E-state index in [2.05, 4.69) is 54.4 Å². The third-order valence-electron chi connectivity index (χ3n) is 3.89. The molecule has 0 fully saturated rings. The zero-order chi connectivity index (χ0) is 18.8. The molecular formula is C23H29NO2. The number of allylic oxidation sites excluding steroid dienone is 1. The van der Waals surface area contributed by atoms with Gasteiger partial charge in [-0.2, -0.15) is 0 Å². The molecule has 0 unspecified atom stereocenters. The third kappa shape index (κ3) is 6.08. The van der Waals surface area contributed by atoms with Crippen molar-refractivity contribution in [3.05, 3.63) is 77.9 Å². The van der Waals surface area contributed by atoms with E-state index in [9.17, 15) is 0 Å². The molecule has 2 aromatic carbocycles. The van der Waals surface area contributed by atoms with Crippen molar-refractivity contribution in [1.82, 2.24) is 5.32 Å². The summed E-state index contributed by atoms with van der Waals surface area (Å²) in [6.07, 6.45) is 7.19. The van der Waals surface area contributed by atoms with Crippen LogP contribution in [0.1, 0.15) is 30.5 Å². The maximum absolute atomic E-state index is 5.91. The van der Waals surface area contributed by atoms with Gasteiger partial charge in [-0.15, -0.1) is 6.58 Å². The van der Waals surface area contributed by atoms with Crippen LogP contribution in [0.5, 0.6) is 11.5 Å². The fourth-order valence-electron chi connectivity index (χ4n) is 2.68. The van der Waals surface area contributed by atoms with Gasteiger partial charge in [0.05, 0.1) is 13.2 Å². The minimum Gasteiger partial charge on any atom is -0.493 e. The average Bonchev–Trinajstić information content (AvgIpc) is 2.64. The van der Waals surface area contributed by atoms with E-state index < -0.39 is 0 Å². The van der Waals surface area contributed by atoms with E-state index in [0.717, 1.165) is 36.6 Å². The second kappa shape index (κ2) is 10.5. The molecule has 2 aromatic rings. The van der Waals surface area contributed by atoms with Gasteiger partial charge in [-0.25, -0.2) is 0 Å². The summed E-state index contributed by atoms with van der Waals surface area (Å²) in [7, 11) is 1.68. The Balaban J connectivity index is 2.26. The quantitative estimate of drug-likeness (QED) is 0.482. The van der Waals surface area contributed by atoms with Crippen molar-refractivity contribution in [2.75, 3.05) is 13.7 Å². The smallest absolute Gasteiger partial charge is 0.161 e. The zero-order valence-corrected chi connectivity index (χ0v) is 16.0. The highest BCUT2D eigenvalue weighted by Gasteiger charge is 2.11. The Hall–Kier alpha value is -2.52. The number of nitrogens with one attached hydrogen (secondary N) is 1. The highest BCUT2D eigenvalue weighted by molar-refractivity contribution is 5.60. The lowest BCUT2D eigenvalue weighted by molar-refractivity contribution is 0.230. The Bertz CT molecular complexity index is 720. The largest absolute Gasteiger partial charge is 0.493 e. The van der Waals surface area contributed by atoms with Crippen LogP contribution >= 0.6 is 0 Å². The summed E-state index contributed by atoms with van der Waals surface area (Å²) in [4.78, 5) is 0. The molecule has 0 saturated carbocycles. The molecule has 1 N–H and O–H groups in total. The molecule has 138 valence electrons. The van der Waals surface area contributed by atoms with Gasteiger partial charge in [0.1, 0.15) is 0 Å². The summed E-state index contributed by atoms with van der Waals surface area (Å²) < 4.78 is 11.5. The predicted molar refractivity (Wildman–Crippen MR) is 110 cm³/mol. The Morgan fingerprint density at radius 1 is 1.12 bits per heavy atom. The first-order valence-corrected chi connectivity index (χ1v) is 9.03. The molecule has 0 bridgehead atoms. The Morgan fingerprint density at radius 2 is 1.88 bits per heavy atom. The second-order valence-electron chi connectivity index (χ2n) is 6.38. The summed E-state index contributed by atoms with van der Waals surface area (Å²) in [6.45, 7) is 9.30. The van der Waals surface area contributed by atoms with E-state index in [0.29, 0.717) is 0 Å². The molecule has 0 aliphatic rings. The molecule has 0 heterocycles. The number of benzene rings is 2. The standard InChI is InChI=1S/C23H29NO2/c1-5-14-24-17-21-16-23(26-18(2)3)22(25-4)15-20(21)13-9-12-19-10-7-6-8-11-19/h5-11,13,15-16,18,24H,1,12,14,17H2,2-4H3/b13-9+. The van der Waals surface area contributed by atoms with E-state index in [4.69, 9.17) is 9.47 Å². The van der Waals surface area contributed by atoms with Gasteiger partial charge < -0.3 is 14.8 Å². The van der Waals surface area contributed by atoms with Crippen LogP contribution in [0.4, 0.5) is 0 Å². The van der Waals surface area contributed by atoms with E-state index in [-0.39, 0.29) is 6.10 Å². The second-order valence-corrected chi connectivity index (χ2v) is 6.38. The van der Waals surface area contributed by atoms with E-state index in [1.807, 2.05) is 32.1 Å². The number of hydrogen-bond donors (Lipinski definition) is 1. The maximum Gasteiger partial charge on any atom is 0.161 e. The first kappa shape index (κ1) is 19.8. The van der Waals surface area contributed by atoms with Crippen LogP contribution in [0, 0.1) is 0 Å². The van der Waals surface area contributed by atoms with Gasteiger partial charge in [-0.1, -0.05) is 48.6 Å². The fraction of sp³-hybridized carbons (Fsp3) is 0.304. The molecule has 0 saturated heterocycles. The van der Waals surface area contributed by atoms with E-state index in [1.54, 1.807) is 7.11 Å². The number of hydrogen-bond acceptors (Lipinski definition) is 3. The molecule has 0 spiro atoms. The van der Waals surface area contributed by atoms with Crippen molar-refractivity contribution in [1.29, 1.82) is 0 Å². The normalized spacial score (nSPS) is 11.1. The number of methoxy groups -OCH3 is 1. The highest BCUT2D eigenvalue weighted by Crippen LogP contribution is 2.32. The summed E-state index contributed by atoms with van der Waals surface area (Å²) in [5.41, 5.74) is 3.60. The molecule has 0 radical (unpaired) electrons. The van der Waals surface area contributed by atoms with E-state index in [1.165, 1.54) is 11.1 Å². The van der Waals surface area contributed by atoms with Crippen molar-refractivity contribution >= 4 is 6.08 Å². The summed E-state index contributed by atoms with van der Waals surface area (Å²) >= 11 is 0. The molecule has 2 rings (SSSR count). The lowest BCUT2D eigenvalue weighted by atomic mass is 10.0. The van der Waals surface area contributed by atoms with Gasteiger partial charge in [-0.05, 0) is 49.1 Å². The number of ether oxygens (including phenoxy) is 2. The monoisotopic (exact) mass is 351 g/mol. The highest BCUT2D eigenvalue weighted by atomic mass is 16.5. The van der Waals surface area contributed by atoms with Gasteiger partial charge in [0.2, 0.25) is 0 Å². The van der Waals surface area contributed by atoms with Gasteiger partial charge in [0, 0.05) is 13.1 Å². The van der Waals surface area contributed by atoms with Crippen molar-refractivity contribution < 1.29 is 9.47 Å². The van der Waals surface area contributed by atoms with Crippen molar-refractivity contribution in [3.63, 3.8) is 0 Å². The fourth-order valence-corrected chi connectivity index (χ4v) is 2.68. The summed E-state index contributed by atoms with van der Waals surface area (Å²) in [6, 6.07) is 14.5. The number of rotatable bonds is 10. The molecule has 0 aromatic heterocycles. The van der Waals surface area contributed by atoms with Gasteiger partial charge in [-0.3, -0.25) is 0 Å². The SMILES string of the molecule is C=CCNCc1cc(OC(C)C)c(OC)cc1/C=C/Cc1ccccc1. The first-order valence-electron chi connectivity index (χ1n) is 9.03. The van der Waals surface area contributed by atoms with Crippen LogP contribution in [-0.2, 0) is 13.0 Å². The van der Waals surface area contributed by atoms with Crippen LogP contribution in [0.25, 0.3) is 6.08 Å². The molecule has 3 heteroatoms. The Labute approximate surface area is 157 Å². The molecule has 0 aliphatic heterocycles. The topological polar surface area (TPSA) is 30.5 Å². The molecule has 3 nitrogen and oxygen atoms in total. The molecule has 0 atom stereocenters. The van der Waals surface area contributed by atoms with Crippen LogP contribution in [0.2, 0.25) is 0 Å². The lowest BCUT2D eigenvalue weighted by Crippen LogP contribution is -2.14. The van der Waals surface area contributed by atoms with Gasteiger partial charge in [0.15, 0.2) is 11.5 Å². The summed E-state index contributed by atoms with van der Waals surface area (Å²) in [5.74, 6) is 1.53. The molecule has 26 heavy (non-hydrogen) atoms. The Kier molecular flexibility index (Phi) is 7.97. The minimum atomic E-state index is 0.0948. The first-order chi connectivity index (χ1) is 12.6. The minimum absolute atomic E-state index is 0.0948. The molecule has 0 amide bonds.